The first-order chi connectivity index (χ1) is 14.6. The van der Waals surface area contributed by atoms with Gasteiger partial charge in [0.15, 0.2) is 0 Å². The zero-order valence-electron chi connectivity index (χ0n) is 18.1. The Balaban J connectivity index is 1.39. The molecule has 1 amide bonds. The molecule has 2 heterocycles. The zero-order valence-corrected chi connectivity index (χ0v) is 18.1. The fourth-order valence-corrected chi connectivity index (χ4v) is 4.82. The van der Waals surface area contributed by atoms with Crippen molar-refractivity contribution in [3.63, 3.8) is 0 Å². The van der Waals surface area contributed by atoms with Crippen LogP contribution >= 0.6 is 0 Å². The molecule has 30 heavy (non-hydrogen) atoms. The molecule has 160 valence electrons. The molecule has 2 atom stereocenters. The summed E-state index contributed by atoms with van der Waals surface area (Å²) >= 11 is 0. The number of rotatable bonds is 5. The first-order valence-corrected chi connectivity index (χ1v) is 11.1. The Bertz CT molecular complexity index is 756. The lowest BCUT2D eigenvalue weighted by molar-refractivity contribution is -0.137. The van der Waals surface area contributed by atoms with E-state index >= 15 is 0 Å². The van der Waals surface area contributed by atoms with Crippen LogP contribution in [0.15, 0.2) is 60.7 Å². The molecule has 0 saturated carbocycles. The minimum atomic E-state index is 0.191. The first-order valence-electron chi connectivity index (χ1n) is 11.1. The molecule has 5 nitrogen and oxygen atoms in total. The molecule has 2 saturated heterocycles. The van der Waals surface area contributed by atoms with Gasteiger partial charge in [-0.1, -0.05) is 60.7 Å². The summed E-state index contributed by atoms with van der Waals surface area (Å²) in [7, 11) is 0. The molecule has 5 heteroatoms. The molecule has 0 aromatic heterocycles. The van der Waals surface area contributed by atoms with Gasteiger partial charge in [0.1, 0.15) is 0 Å². The van der Waals surface area contributed by atoms with Gasteiger partial charge in [0, 0.05) is 39.3 Å². The van der Waals surface area contributed by atoms with E-state index in [2.05, 4.69) is 84.3 Å². The van der Waals surface area contributed by atoms with Crippen LogP contribution in [0.3, 0.4) is 0 Å². The Kier molecular flexibility index (Phi) is 6.82. The number of carbonyl (C=O) groups is 1. The van der Waals surface area contributed by atoms with E-state index in [0.717, 1.165) is 39.3 Å². The summed E-state index contributed by atoms with van der Waals surface area (Å²) in [6.07, 6.45) is 0.381. The number of carbonyl (C=O) groups excluding carboxylic acids is 1. The topological polar surface area (TPSA) is 36.0 Å². The molecule has 0 bridgehead atoms. The second-order valence-corrected chi connectivity index (χ2v) is 8.59. The summed E-state index contributed by atoms with van der Waals surface area (Å²) < 4.78 is 5.79. The van der Waals surface area contributed by atoms with Crippen molar-refractivity contribution in [3.8, 4) is 0 Å². The molecular formula is C25H33N3O2. The van der Waals surface area contributed by atoms with Crippen molar-refractivity contribution in [2.75, 3.05) is 45.8 Å². The van der Waals surface area contributed by atoms with E-state index in [1.54, 1.807) is 0 Å². The summed E-state index contributed by atoms with van der Waals surface area (Å²) in [6.45, 7) is 9.67. The van der Waals surface area contributed by atoms with Crippen molar-refractivity contribution < 1.29 is 9.53 Å². The normalized spacial score (nSPS) is 23.6. The lowest BCUT2D eigenvalue weighted by atomic mass is 9.96. The average Bonchev–Trinajstić information content (AvgIpc) is 2.75. The van der Waals surface area contributed by atoms with Crippen LogP contribution in [0.4, 0.5) is 0 Å². The molecule has 2 aromatic rings. The smallest absolute Gasteiger partial charge is 0.236 e. The molecule has 0 aliphatic carbocycles. The molecule has 4 rings (SSSR count). The second kappa shape index (κ2) is 9.73. The summed E-state index contributed by atoms with van der Waals surface area (Å²) in [5.74, 6) is 0.243. The van der Waals surface area contributed by atoms with Crippen LogP contribution in [-0.2, 0) is 9.53 Å². The van der Waals surface area contributed by atoms with Crippen LogP contribution in [0.25, 0.3) is 0 Å². The van der Waals surface area contributed by atoms with Crippen molar-refractivity contribution in [2.24, 2.45) is 0 Å². The third kappa shape index (κ3) is 5.09. The number of piperazine rings is 1. The number of nitrogens with zero attached hydrogens (tertiary/aromatic N) is 3. The largest absolute Gasteiger partial charge is 0.373 e. The molecule has 0 radical (unpaired) electrons. The van der Waals surface area contributed by atoms with Gasteiger partial charge in [-0.3, -0.25) is 14.6 Å². The van der Waals surface area contributed by atoms with Gasteiger partial charge in [-0.2, -0.15) is 0 Å². The highest BCUT2D eigenvalue weighted by molar-refractivity contribution is 5.78. The number of ether oxygens (including phenoxy) is 1. The molecule has 0 N–H and O–H groups in total. The fourth-order valence-electron chi connectivity index (χ4n) is 4.82. The maximum Gasteiger partial charge on any atom is 0.236 e. The number of hydrogen-bond donors (Lipinski definition) is 0. The highest BCUT2D eigenvalue weighted by atomic mass is 16.5. The molecule has 2 aromatic carbocycles. The van der Waals surface area contributed by atoms with E-state index in [-0.39, 0.29) is 24.2 Å². The maximum absolute atomic E-state index is 12.9. The van der Waals surface area contributed by atoms with Crippen LogP contribution in [0.1, 0.15) is 31.0 Å². The van der Waals surface area contributed by atoms with E-state index in [1.807, 2.05) is 4.90 Å². The molecule has 2 aliphatic rings. The molecule has 2 fully saturated rings. The van der Waals surface area contributed by atoms with Gasteiger partial charge in [-0.25, -0.2) is 0 Å². The highest BCUT2D eigenvalue weighted by Crippen LogP contribution is 2.29. The van der Waals surface area contributed by atoms with Crippen LogP contribution in [0, 0.1) is 0 Å². The zero-order chi connectivity index (χ0) is 20.9. The fraction of sp³-hybridized carbons (Fsp3) is 0.480. The minimum Gasteiger partial charge on any atom is -0.373 e. The number of hydrogen-bond acceptors (Lipinski definition) is 4. The number of amides is 1. The lowest BCUT2D eigenvalue weighted by Gasteiger charge is -2.41. The Labute approximate surface area is 180 Å². The highest BCUT2D eigenvalue weighted by Gasteiger charge is 2.30. The lowest BCUT2D eigenvalue weighted by Crippen LogP contribution is -2.54. The van der Waals surface area contributed by atoms with Gasteiger partial charge in [0.2, 0.25) is 5.91 Å². The average molecular weight is 408 g/mol. The van der Waals surface area contributed by atoms with E-state index < -0.39 is 0 Å². The third-order valence-electron chi connectivity index (χ3n) is 6.12. The third-order valence-corrected chi connectivity index (χ3v) is 6.12. The maximum atomic E-state index is 12.9. The van der Waals surface area contributed by atoms with Gasteiger partial charge < -0.3 is 9.64 Å². The predicted molar refractivity (Wildman–Crippen MR) is 119 cm³/mol. The summed E-state index contributed by atoms with van der Waals surface area (Å²) in [6, 6.07) is 21.6. The molecular weight excluding hydrogens is 374 g/mol. The van der Waals surface area contributed by atoms with Gasteiger partial charge in [0.25, 0.3) is 0 Å². The molecule has 2 unspecified atom stereocenters. The van der Waals surface area contributed by atoms with E-state index in [4.69, 9.17) is 4.74 Å². The van der Waals surface area contributed by atoms with Gasteiger partial charge in [-0.15, -0.1) is 0 Å². The van der Waals surface area contributed by atoms with Crippen LogP contribution in [-0.4, -0.2) is 78.6 Å². The van der Waals surface area contributed by atoms with E-state index in [1.165, 1.54) is 11.1 Å². The van der Waals surface area contributed by atoms with E-state index in [9.17, 15) is 4.79 Å². The summed E-state index contributed by atoms with van der Waals surface area (Å²) in [4.78, 5) is 19.7. The van der Waals surface area contributed by atoms with Crippen molar-refractivity contribution in [2.45, 2.75) is 32.1 Å². The number of benzene rings is 2. The van der Waals surface area contributed by atoms with Gasteiger partial charge >= 0.3 is 0 Å². The standard InChI is InChI=1S/C25H33N3O2/c1-20-17-26(18-21(2)30-20)19-24(29)27-13-15-28(16-14-27)25(22-9-5-3-6-10-22)23-11-7-4-8-12-23/h3-12,20-21,25H,13-19H2,1-2H3. The summed E-state index contributed by atoms with van der Waals surface area (Å²) in [5, 5.41) is 0. The van der Waals surface area contributed by atoms with Crippen LogP contribution < -0.4 is 0 Å². The Morgan fingerprint density at radius 3 is 1.87 bits per heavy atom. The van der Waals surface area contributed by atoms with Crippen molar-refractivity contribution in [1.29, 1.82) is 0 Å². The molecule has 0 spiro atoms. The second-order valence-electron chi connectivity index (χ2n) is 8.59. The Morgan fingerprint density at radius 1 is 0.867 bits per heavy atom. The van der Waals surface area contributed by atoms with Crippen LogP contribution in [0.5, 0.6) is 0 Å². The minimum absolute atomic E-state index is 0.191. The van der Waals surface area contributed by atoms with E-state index in [0.29, 0.717) is 6.54 Å². The van der Waals surface area contributed by atoms with Crippen molar-refractivity contribution in [1.82, 2.24) is 14.7 Å². The SMILES string of the molecule is CC1CN(CC(=O)N2CCN(C(c3ccccc3)c3ccccc3)CC2)CC(C)O1. The van der Waals surface area contributed by atoms with Crippen LogP contribution in [0.2, 0.25) is 0 Å². The molecule has 2 aliphatic heterocycles. The monoisotopic (exact) mass is 407 g/mol. The predicted octanol–water partition coefficient (Wildman–Crippen LogP) is 3.03. The Morgan fingerprint density at radius 2 is 1.37 bits per heavy atom. The Hall–Kier alpha value is -2.21. The quantitative estimate of drug-likeness (QED) is 0.763. The van der Waals surface area contributed by atoms with Crippen molar-refractivity contribution >= 4 is 5.91 Å². The van der Waals surface area contributed by atoms with Crippen molar-refractivity contribution in [3.05, 3.63) is 71.8 Å². The van der Waals surface area contributed by atoms with Gasteiger partial charge in [0.05, 0.1) is 24.8 Å². The summed E-state index contributed by atoms with van der Waals surface area (Å²) in [5.41, 5.74) is 2.61. The van der Waals surface area contributed by atoms with Gasteiger partial charge in [-0.05, 0) is 25.0 Å². The number of morpholine rings is 1. The first kappa shape index (κ1) is 21.0.